The van der Waals surface area contributed by atoms with Crippen molar-refractivity contribution in [2.24, 2.45) is 5.73 Å². The van der Waals surface area contributed by atoms with E-state index >= 15 is 0 Å². The van der Waals surface area contributed by atoms with Gasteiger partial charge in [0, 0.05) is 23.0 Å². The van der Waals surface area contributed by atoms with Crippen molar-refractivity contribution in [2.45, 2.75) is 12.1 Å². The Bertz CT molecular complexity index is 1010. The molecule has 2 heterocycles. The molecule has 25 heavy (non-hydrogen) atoms. The molecule has 0 fully saturated rings. The summed E-state index contributed by atoms with van der Waals surface area (Å²) in [7, 11) is 0. The van der Waals surface area contributed by atoms with Crippen molar-refractivity contribution < 1.29 is 9.59 Å². The quantitative estimate of drug-likeness (QED) is 0.570. The molecule has 3 aromatic rings. The van der Waals surface area contributed by atoms with Crippen molar-refractivity contribution >= 4 is 35.0 Å². The Morgan fingerprint density at radius 3 is 2.68 bits per heavy atom. The summed E-state index contributed by atoms with van der Waals surface area (Å²) >= 11 is 1.19. The normalized spacial score (nSPS) is 10.8. The third-order valence-corrected chi connectivity index (χ3v) is 4.28. The summed E-state index contributed by atoms with van der Waals surface area (Å²) in [6.45, 7) is 1.76. The van der Waals surface area contributed by atoms with Crippen LogP contribution < -0.4 is 16.6 Å². The molecule has 0 atom stereocenters. The molecule has 128 valence electrons. The van der Waals surface area contributed by atoms with Crippen molar-refractivity contribution in [1.29, 1.82) is 0 Å². The lowest BCUT2D eigenvalue weighted by molar-refractivity contribution is -0.113. The standard InChI is InChI=1S/C15H14N6O3S/c1-8-6-11(22)18-14-19-20-15(21(8)14)25-7-12(23)17-10-4-2-9(3-5-10)13(16)24/h2-6H,7H2,1H3,(H2,16,24)(H,17,23)(H,18,19,22). The molecule has 2 amide bonds. The number of aromatic amines is 1. The van der Waals surface area contributed by atoms with Crippen LogP contribution in [0.3, 0.4) is 0 Å². The van der Waals surface area contributed by atoms with Crippen molar-refractivity contribution in [3.8, 4) is 0 Å². The lowest BCUT2D eigenvalue weighted by atomic mass is 10.2. The fourth-order valence-corrected chi connectivity index (χ4v) is 3.00. The Hall–Kier alpha value is -3.14. The number of aryl methyl sites for hydroxylation is 1. The molecule has 0 aliphatic carbocycles. The van der Waals surface area contributed by atoms with Gasteiger partial charge in [-0.1, -0.05) is 11.8 Å². The number of anilines is 1. The van der Waals surface area contributed by atoms with Crippen LogP contribution in [0.15, 0.2) is 40.3 Å². The highest BCUT2D eigenvalue weighted by molar-refractivity contribution is 7.99. The number of primary amides is 1. The monoisotopic (exact) mass is 358 g/mol. The number of benzene rings is 1. The Morgan fingerprint density at radius 1 is 1.28 bits per heavy atom. The summed E-state index contributed by atoms with van der Waals surface area (Å²) in [4.78, 5) is 37.1. The van der Waals surface area contributed by atoms with Crippen LogP contribution >= 0.6 is 11.8 Å². The lowest BCUT2D eigenvalue weighted by Gasteiger charge is -2.06. The third-order valence-electron chi connectivity index (χ3n) is 3.35. The van der Waals surface area contributed by atoms with Crippen LogP contribution in [0.5, 0.6) is 0 Å². The minimum absolute atomic E-state index is 0.108. The molecule has 0 aliphatic rings. The first-order chi connectivity index (χ1) is 11.9. The maximum atomic E-state index is 12.1. The van der Waals surface area contributed by atoms with Gasteiger partial charge < -0.3 is 11.1 Å². The minimum atomic E-state index is -0.527. The number of hydrogen-bond acceptors (Lipinski definition) is 6. The number of nitrogens with two attached hydrogens (primary N) is 1. The second-order valence-electron chi connectivity index (χ2n) is 5.20. The first-order valence-electron chi connectivity index (χ1n) is 7.21. The van der Waals surface area contributed by atoms with Crippen molar-refractivity contribution in [3.05, 3.63) is 51.9 Å². The number of carbonyl (C=O) groups excluding carboxylic acids is 2. The molecule has 9 nitrogen and oxygen atoms in total. The minimum Gasteiger partial charge on any atom is -0.366 e. The van der Waals surface area contributed by atoms with Gasteiger partial charge in [0.2, 0.25) is 17.6 Å². The molecule has 0 radical (unpaired) electrons. The average molecular weight is 358 g/mol. The second-order valence-corrected chi connectivity index (χ2v) is 6.14. The van der Waals surface area contributed by atoms with Gasteiger partial charge in [-0.05, 0) is 31.2 Å². The van der Waals surface area contributed by atoms with E-state index in [1.54, 1.807) is 23.5 Å². The van der Waals surface area contributed by atoms with E-state index in [9.17, 15) is 14.4 Å². The van der Waals surface area contributed by atoms with Gasteiger partial charge in [-0.25, -0.2) is 0 Å². The van der Waals surface area contributed by atoms with E-state index < -0.39 is 5.91 Å². The predicted octanol–water partition coefficient (Wildman–Crippen LogP) is 0.556. The summed E-state index contributed by atoms with van der Waals surface area (Å²) < 4.78 is 1.67. The van der Waals surface area contributed by atoms with E-state index in [1.165, 1.54) is 30.0 Å². The molecule has 0 saturated heterocycles. The van der Waals surface area contributed by atoms with E-state index in [4.69, 9.17) is 5.73 Å². The second kappa shape index (κ2) is 6.77. The fourth-order valence-electron chi connectivity index (χ4n) is 2.21. The zero-order chi connectivity index (χ0) is 18.0. The Morgan fingerprint density at radius 2 is 2.00 bits per heavy atom. The molecule has 10 heteroatoms. The summed E-state index contributed by atoms with van der Waals surface area (Å²) in [6.07, 6.45) is 0. The average Bonchev–Trinajstić information content (AvgIpc) is 2.96. The predicted molar refractivity (Wildman–Crippen MR) is 92.7 cm³/mol. The first-order valence-corrected chi connectivity index (χ1v) is 8.20. The van der Waals surface area contributed by atoms with E-state index in [2.05, 4.69) is 20.5 Å². The molecule has 0 bridgehead atoms. The number of thioether (sulfide) groups is 1. The number of nitrogens with one attached hydrogen (secondary N) is 2. The van der Waals surface area contributed by atoms with Crippen LogP contribution in [-0.4, -0.2) is 37.1 Å². The van der Waals surface area contributed by atoms with Gasteiger partial charge in [0.15, 0.2) is 5.16 Å². The topological polar surface area (TPSA) is 135 Å². The van der Waals surface area contributed by atoms with Gasteiger partial charge in [0.05, 0.1) is 5.75 Å². The molecular weight excluding hydrogens is 344 g/mol. The first kappa shape index (κ1) is 16.7. The maximum absolute atomic E-state index is 12.1. The summed E-state index contributed by atoms with van der Waals surface area (Å²) in [5.41, 5.74) is 6.51. The molecular formula is C15H14N6O3S. The smallest absolute Gasteiger partial charge is 0.252 e. The van der Waals surface area contributed by atoms with Gasteiger partial charge in [-0.3, -0.25) is 23.8 Å². The van der Waals surface area contributed by atoms with Crippen molar-refractivity contribution in [1.82, 2.24) is 19.6 Å². The molecule has 0 spiro atoms. The Balaban J connectivity index is 1.66. The van der Waals surface area contributed by atoms with Crippen LogP contribution in [0, 0.1) is 6.92 Å². The molecule has 4 N–H and O–H groups in total. The van der Waals surface area contributed by atoms with Gasteiger partial charge in [-0.15, -0.1) is 10.2 Å². The SMILES string of the molecule is Cc1cc(=O)[nH]c2nnc(SCC(=O)Nc3ccc(C(N)=O)cc3)n12. The van der Waals surface area contributed by atoms with Gasteiger partial charge >= 0.3 is 0 Å². The summed E-state index contributed by atoms with van der Waals surface area (Å²) in [5, 5.41) is 11.1. The van der Waals surface area contributed by atoms with Crippen LogP contribution in [0.1, 0.15) is 16.1 Å². The molecule has 0 unspecified atom stereocenters. The fraction of sp³-hybridized carbons (Fsp3) is 0.133. The lowest BCUT2D eigenvalue weighted by Crippen LogP contribution is -2.15. The highest BCUT2D eigenvalue weighted by Crippen LogP contribution is 2.17. The Labute approximate surface area is 145 Å². The molecule has 3 rings (SSSR count). The van der Waals surface area contributed by atoms with Gasteiger partial charge in [0.25, 0.3) is 5.56 Å². The number of amides is 2. The van der Waals surface area contributed by atoms with E-state index in [-0.39, 0.29) is 17.2 Å². The van der Waals surface area contributed by atoms with E-state index in [1.807, 2.05) is 0 Å². The number of aromatic nitrogens is 4. The summed E-state index contributed by atoms with van der Waals surface area (Å²) in [5.74, 6) is -0.331. The third kappa shape index (κ3) is 3.69. The van der Waals surface area contributed by atoms with Crippen LogP contribution in [-0.2, 0) is 4.79 Å². The summed E-state index contributed by atoms with van der Waals surface area (Å²) in [6, 6.07) is 7.71. The van der Waals surface area contributed by atoms with Gasteiger partial charge in [-0.2, -0.15) is 0 Å². The molecule has 0 saturated carbocycles. The van der Waals surface area contributed by atoms with Crippen LogP contribution in [0.4, 0.5) is 5.69 Å². The van der Waals surface area contributed by atoms with E-state index in [0.717, 1.165) is 0 Å². The highest BCUT2D eigenvalue weighted by Gasteiger charge is 2.12. The van der Waals surface area contributed by atoms with Gasteiger partial charge in [0.1, 0.15) is 0 Å². The van der Waals surface area contributed by atoms with Crippen LogP contribution in [0.25, 0.3) is 5.78 Å². The zero-order valence-electron chi connectivity index (χ0n) is 13.1. The highest BCUT2D eigenvalue weighted by atomic mass is 32.2. The number of rotatable bonds is 5. The van der Waals surface area contributed by atoms with Crippen molar-refractivity contribution in [2.75, 3.05) is 11.1 Å². The van der Waals surface area contributed by atoms with E-state index in [0.29, 0.717) is 27.9 Å². The number of carbonyl (C=O) groups is 2. The number of nitrogens with zero attached hydrogens (tertiary/aromatic N) is 3. The van der Waals surface area contributed by atoms with Crippen LogP contribution in [0.2, 0.25) is 0 Å². The number of hydrogen-bond donors (Lipinski definition) is 3. The number of H-pyrrole nitrogens is 1. The molecule has 0 aliphatic heterocycles. The molecule has 2 aromatic heterocycles. The number of fused-ring (bicyclic) bond motifs is 1. The largest absolute Gasteiger partial charge is 0.366 e. The maximum Gasteiger partial charge on any atom is 0.252 e. The molecule has 1 aromatic carbocycles. The Kier molecular flexibility index (Phi) is 4.52. The zero-order valence-corrected chi connectivity index (χ0v) is 14.0. The van der Waals surface area contributed by atoms with Crippen molar-refractivity contribution in [3.63, 3.8) is 0 Å².